The number of piperazine rings is 1. The second kappa shape index (κ2) is 6.07. The molecule has 1 aromatic rings. The second-order valence-electron chi connectivity index (χ2n) is 5.45. The standard InChI is InChI=1S/C14H22N4O2/c1-10(2)9-17-7-8-18(11(3)13(17)19)14-15-6-5-12(16-14)20-4/h5-6,10-11H,7-9H2,1-4H3. The van der Waals surface area contributed by atoms with Crippen LogP contribution in [0.3, 0.4) is 0 Å². The number of carbonyl (C=O) groups is 1. The van der Waals surface area contributed by atoms with Crippen molar-refractivity contribution in [1.29, 1.82) is 0 Å². The van der Waals surface area contributed by atoms with Gasteiger partial charge in [-0.05, 0) is 12.8 Å². The lowest BCUT2D eigenvalue weighted by molar-refractivity contribution is -0.134. The lowest BCUT2D eigenvalue weighted by Crippen LogP contribution is -2.57. The van der Waals surface area contributed by atoms with Crippen molar-refractivity contribution in [3.63, 3.8) is 0 Å². The summed E-state index contributed by atoms with van der Waals surface area (Å²) in [5, 5.41) is 0. The smallest absolute Gasteiger partial charge is 0.245 e. The number of amides is 1. The molecule has 1 aliphatic heterocycles. The van der Waals surface area contributed by atoms with Gasteiger partial charge in [0.2, 0.25) is 17.7 Å². The van der Waals surface area contributed by atoms with Crippen LogP contribution in [0.2, 0.25) is 0 Å². The zero-order chi connectivity index (χ0) is 14.7. The summed E-state index contributed by atoms with van der Waals surface area (Å²) < 4.78 is 5.11. The molecule has 0 bridgehead atoms. The molecule has 1 aromatic heterocycles. The number of rotatable bonds is 4. The van der Waals surface area contributed by atoms with Gasteiger partial charge in [0.05, 0.1) is 7.11 Å². The van der Waals surface area contributed by atoms with Crippen LogP contribution in [0.4, 0.5) is 5.95 Å². The molecule has 0 aromatic carbocycles. The Hall–Kier alpha value is -1.85. The minimum absolute atomic E-state index is 0.136. The number of hydrogen-bond acceptors (Lipinski definition) is 5. The zero-order valence-corrected chi connectivity index (χ0v) is 12.5. The number of hydrogen-bond donors (Lipinski definition) is 0. The molecule has 1 aliphatic rings. The van der Waals surface area contributed by atoms with Crippen LogP contribution in [0.1, 0.15) is 20.8 Å². The molecule has 1 unspecified atom stereocenters. The van der Waals surface area contributed by atoms with Crippen LogP contribution in [0.15, 0.2) is 12.3 Å². The van der Waals surface area contributed by atoms with Gasteiger partial charge in [-0.3, -0.25) is 4.79 Å². The summed E-state index contributed by atoms with van der Waals surface area (Å²) in [6.45, 7) is 8.40. The van der Waals surface area contributed by atoms with Crippen LogP contribution in [0.5, 0.6) is 5.88 Å². The van der Waals surface area contributed by atoms with E-state index >= 15 is 0 Å². The molecule has 1 atom stereocenters. The zero-order valence-electron chi connectivity index (χ0n) is 12.5. The van der Waals surface area contributed by atoms with Gasteiger partial charge in [0.25, 0.3) is 0 Å². The normalized spacial score (nSPS) is 19.6. The van der Waals surface area contributed by atoms with Crippen molar-refractivity contribution < 1.29 is 9.53 Å². The molecule has 6 nitrogen and oxygen atoms in total. The fraction of sp³-hybridized carbons (Fsp3) is 0.643. The minimum atomic E-state index is -0.241. The van der Waals surface area contributed by atoms with Crippen LogP contribution in [0.25, 0.3) is 0 Å². The molecule has 6 heteroatoms. The lowest BCUT2D eigenvalue weighted by Gasteiger charge is -2.39. The maximum atomic E-state index is 12.4. The van der Waals surface area contributed by atoms with Gasteiger partial charge in [-0.25, -0.2) is 4.98 Å². The van der Waals surface area contributed by atoms with Crippen LogP contribution in [-0.4, -0.2) is 53.6 Å². The summed E-state index contributed by atoms with van der Waals surface area (Å²) >= 11 is 0. The Morgan fingerprint density at radius 1 is 1.45 bits per heavy atom. The van der Waals surface area contributed by atoms with Crippen LogP contribution < -0.4 is 9.64 Å². The quantitative estimate of drug-likeness (QED) is 0.827. The third kappa shape index (κ3) is 3.00. The van der Waals surface area contributed by atoms with Crippen molar-refractivity contribution >= 4 is 11.9 Å². The minimum Gasteiger partial charge on any atom is -0.481 e. The number of aromatic nitrogens is 2. The van der Waals surface area contributed by atoms with Gasteiger partial charge in [-0.15, -0.1) is 0 Å². The largest absolute Gasteiger partial charge is 0.481 e. The first-order valence-corrected chi connectivity index (χ1v) is 6.95. The number of ether oxygens (including phenoxy) is 1. The summed E-state index contributed by atoms with van der Waals surface area (Å²) in [6, 6.07) is 1.46. The first kappa shape index (κ1) is 14.6. The fourth-order valence-electron chi connectivity index (χ4n) is 2.41. The van der Waals surface area contributed by atoms with Gasteiger partial charge >= 0.3 is 0 Å². The molecule has 0 radical (unpaired) electrons. The van der Waals surface area contributed by atoms with Gasteiger partial charge in [0.1, 0.15) is 6.04 Å². The van der Waals surface area contributed by atoms with Crippen molar-refractivity contribution in [3.8, 4) is 5.88 Å². The Morgan fingerprint density at radius 3 is 2.85 bits per heavy atom. The SMILES string of the molecule is COc1ccnc(N2CCN(CC(C)C)C(=O)C2C)n1. The molecule has 0 spiro atoms. The van der Waals surface area contributed by atoms with E-state index in [1.807, 2.05) is 16.7 Å². The topological polar surface area (TPSA) is 58.6 Å². The van der Waals surface area contributed by atoms with Crippen molar-refractivity contribution in [2.45, 2.75) is 26.8 Å². The lowest BCUT2D eigenvalue weighted by atomic mass is 10.1. The third-order valence-electron chi connectivity index (χ3n) is 3.42. The van der Waals surface area contributed by atoms with E-state index < -0.39 is 0 Å². The molecule has 1 amide bonds. The maximum Gasteiger partial charge on any atom is 0.245 e. The van der Waals surface area contributed by atoms with E-state index in [2.05, 4.69) is 23.8 Å². The summed E-state index contributed by atoms with van der Waals surface area (Å²) in [7, 11) is 1.57. The number of nitrogens with zero attached hydrogens (tertiary/aromatic N) is 4. The van der Waals surface area contributed by atoms with E-state index in [9.17, 15) is 4.79 Å². The molecule has 2 heterocycles. The molecule has 1 fully saturated rings. The van der Waals surface area contributed by atoms with E-state index in [1.54, 1.807) is 19.4 Å². The van der Waals surface area contributed by atoms with Gasteiger partial charge in [-0.1, -0.05) is 13.8 Å². The highest BCUT2D eigenvalue weighted by molar-refractivity contribution is 5.85. The van der Waals surface area contributed by atoms with E-state index in [0.29, 0.717) is 24.3 Å². The van der Waals surface area contributed by atoms with Crippen molar-refractivity contribution in [3.05, 3.63) is 12.3 Å². The molecule has 110 valence electrons. The molecule has 20 heavy (non-hydrogen) atoms. The monoisotopic (exact) mass is 278 g/mol. The Kier molecular flexibility index (Phi) is 4.42. The number of anilines is 1. The Morgan fingerprint density at radius 2 is 2.20 bits per heavy atom. The molecule has 2 rings (SSSR count). The maximum absolute atomic E-state index is 12.4. The van der Waals surface area contributed by atoms with E-state index in [4.69, 9.17) is 4.74 Å². The van der Waals surface area contributed by atoms with Crippen LogP contribution >= 0.6 is 0 Å². The predicted octanol–water partition coefficient (Wildman–Crippen LogP) is 1.18. The highest BCUT2D eigenvalue weighted by Crippen LogP contribution is 2.19. The highest BCUT2D eigenvalue weighted by Gasteiger charge is 2.33. The molecule has 0 saturated carbocycles. The first-order valence-electron chi connectivity index (χ1n) is 6.95. The average molecular weight is 278 g/mol. The number of carbonyl (C=O) groups excluding carboxylic acids is 1. The van der Waals surface area contributed by atoms with E-state index in [-0.39, 0.29) is 11.9 Å². The summed E-state index contributed by atoms with van der Waals surface area (Å²) in [4.78, 5) is 24.8. The Labute approximate surface area is 119 Å². The van der Waals surface area contributed by atoms with Crippen molar-refractivity contribution in [1.82, 2.24) is 14.9 Å². The molecular weight excluding hydrogens is 256 g/mol. The summed E-state index contributed by atoms with van der Waals surface area (Å²) in [6.07, 6.45) is 1.65. The predicted molar refractivity (Wildman–Crippen MR) is 76.8 cm³/mol. The van der Waals surface area contributed by atoms with E-state index in [1.165, 1.54) is 0 Å². The highest BCUT2D eigenvalue weighted by atomic mass is 16.5. The fourth-order valence-corrected chi connectivity index (χ4v) is 2.41. The second-order valence-corrected chi connectivity index (χ2v) is 5.45. The molecule has 0 aliphatic carbocycles. The Bertz CT molecular complexity index is 478. The first-order chi connectivity index (χ1) is 9.52. The third-order valence-corrected chi connectivity index (χ3v) is 3.42. The van der Waals surface area contributed by atoms with Gasteiger partial charge < -0.3 is 14.5 Å². The molecule has 0 N–H and O–H groups in total. The summed E-state index contributed by atoms with van der Waals surface area (Å²) in [5.74, 6) is 1.68. The van der Waals surface area contributed by atoms with Gasteiger partial charge in [-0.2, -0.15) is 4.98 Å². The average Bonchev–Trinajstić information content (AvgIpc) is 2.44. The van der Waals surface area contributed by atoms with Gasteiger partial charge in [0, 0.05) is 31.9 Å². The van der Waals surface area contributed by atoms with E-state index in [0.717, 1.165) is 13.1 Å². The Balaban J connectivity index is 2.13. The van der Waals surface area contributed by atoms with Gasteiger partial charge in [0.15, 0.2) is 0 Å². The molecule has 1 saturated heterocycles. The number of methoxy groups -OCH3 is 1. The van der Waals surface area contributed by atoms with Crippen LogP contribution in [0, 0.1) is 5.92 Å². The van der Waals surface area contributed by atoms with Crippen LogP contribution in [-0.2, 0) is 4.79 Å². The molecular formula is C14H22N4O2. The van der Waals surface area contributed by atoms with Crippen molar-refractivity contribution in [2.75, 3.05) is 31.6 Å². The summed E-state index contributed by atoms with van der Waals surface area (Å²) in [5.41, 5.74) is 0. The van der Waals surface area contributed by atoms with Crippen molar-refractivity contribution in [2.24, 2.45) is 5.92 Å².